The van der Waals surface area contributed by atoms with Gasteiger partial charge in [0.15, 0.2) is 0 Å². The van der Waals surface area contributed by atoms with Crippen molar-refractivity contribution >= 4 is 0 Å². The van der Waals surface area contributed by atoms with Crippen LogP contribution in [0.1, 0.15) is 110 Å². The average molecular weight is 333 g/mol. The van der Waals surface area contributed by atoms with Gasteiger partial charge >= 0.3 is 0 Å². The quantitative estimate of drug-likeness (QED) is 0.296. The minimum atomic E-state index is 0.500. The first-order valence-corrected chi connectivity index (χ1v) is 10.9. The molecule has 0 amide bonds. The van der Waals surface area contributed by atoms with Gasteiger partial charge in [-0.15, -0.1) is 0 Å². The number of hydrogen-bond donors (Lipinski definition) is 0. The zero-order valence-electron chi connectivity index (χ0n) is 16.1. The summed E-state index contributed by atoms with van der Waals surface area (Å²) in [5, 5.41) is 0. The monoisotopic (exact) mass is 332 g/mol. The fourth-order valence-corrected chi connectivity index (χ4v) is 4.08. The normalized spacial score (nSPS) is 22.3. The Morgan fingerprint density at radius 3 is 2.00 bits per heavy atom. The second kappa shape index (κ2) is 12.6. The van der Waals surface area contributed by atoms with Crippen molar-refractivity contribution in [3.8, 4) is 0 Å². The molecule has 1 nitrogen and oxygen atoms in total. The molecule has 0 aromatic carbocycles. The van der Waals surface area contributed by atoms with E-state index in [4.69, 9.17) is 4.74 Å². The Bertz CT molecular complexity index is 368. The molecule has 0 bridgehead atoms. The zero-order chi connectivity index (χ0) is 16.9. The maximum atomic E-state index is 6.12. The topological polar surface area (TPSA) is 9.23 Å². The van der Waals surface area contributed by atoms with Crippen molar-refractivity contribution in [3.63, 3.8) is 0 Å². The summed E-state index contributed by atoms with van der Waals surface area (Å²) in [4.78, 5) is 0. The van der Waals surface area contributed by atoms with Crippen molar-refractivity contribution in [3.05, 3.63) is 24.0 Å². The first kappa shape index (κ1) is 19.6. The molecule has 1 heterocycles. The van der Waals surface area contributed by atoms with E-state index in [1.54, 1.807) is 0 Å². The van der Waals surface area contributed by atoms with Crippen LogP contribution in [0.5, 0.6) is 0 Å². The largest absolute Gasteiger partial charge is 0.494 e. The van der Waals surface area contributed by atoms with Crippen LogP contribution >= 0.6 is 0 Å². The standard InChI is InChI=1S/C23H40O/c1-2-3-4-5-6-7-8-9-10-11-12-13-14-17-22-20-19-21-16-15-18-23(21)24-22/h15-16,18,21-22H,2-14,17,19-20H2,1H3. The Morgan fingerprint density at radius 1 is 0.792 bits per heavy atom. The molecule has 2 unspecified atom stereocenters. The molecule has 0 aromatic rings. The Labute approximate surface area is 150 Å². The number of hydrogen-bond acceptors (Lipinski definition) is 1. The smallest absolute Gasteiger partial charge is 0.103 e. The molecule has 2 atom stereocenters. The molecule has 1 aliphatic carbocycles. The van der Waals surface area contributed by atoms with Gasteiger partial charge in [-0.2, -0.15) is 0 Å². The lowest BCUT2D eigenvalue weighted by atomic mass is 9.94. The van der Waals surface area contributed by atoms with Gasteiger partial charge in [-0.25, -0.2) is 0 Å². The maximum Gasteiger partial charge on any atom is 0.103 e. The van der Waals surface area contributed by atoms with Gasteiger partial charge in [0.2, 0.25) is 0 Å². The number of unbranched alkanes of at least 4 members (excludes halogenated alkanes) is 12. The average Bonchev–Trinajstić information content (AvgIpc) is 3.07. The first-order chi connectivity index (χ1) is 11.9. The second-order valence-electron chi connectivity index (χ2n) is 7.91. The molecule has 0 saturated carbocycles. The Kier molecular flexibility index (Phi) is 10.3. The van der Waals surface area contributed by atoms with Crippen molar-refractivity contribution in [1.82, 2.24) is 0 Å². The molecule has 138 valence electrons. The van der Waals surface area contributed by atoms with E-state index in [0.717, 1.165) is 0 Å². The molecule has 0 spiro atoms. The minimum absolute atomic E-state index is 0.500. The highest BCUT2D eigenvalue weighted by Crippen LogP contribution is 2.34. The summed E-state index contributed by atoms with van der Waals surface area (Å²) >= 11 is 0. The number of rotatable bonds is 14. The van der Waals surface area contributed by atoms with Gasteiger partial charge in [-0.05, 0) is 31.8 Å². The SMILES string of the molecule is CCCCCCCCCCCCCCCC1CCC2C=CC=C2O1. The Morgan fingerprint density at radius 2 is 1.38 bits per heavy atom. The van der Waals surface area contributed by atoms with E-state index < -0.39 is 0 Å². The van der Waals surface area contributed by atoms with Gasteiger partial charge in [0.25, 0.3) is 0 Å². The third kappa shape index (κ3) is 7.90. The minimum Gasteiger partial charge on any atom is -0.494 e. The lowest BCUT2D eigenvalue weighted by Crippen LogP contribution is -2.22. The summed E-state index contributed by atoms with van der Waals surface area (Å²) in [5.74, 6) is 1.84. The maximum absolute atomic E-state index is 6.12. The second-order valence-corrected chi connectivity index (χ2v) is 7.91. The van der Waals surface area contributed by atoms with Crippen LogP contribution in [0, 0.1) is 5.92 Å². The van der Waals surface area contributed by atoms with Gasteiger partial charge in [-0.1, -0.05) is 96.1 Å². The lowest BCUT2D eigenvalue weighted by Gasteiger charge is -2.29. The van der Waals surface area contributed by atoms with E-state index in [2.05, 4.69) is 25.2 Å². The highest BCUT2D eigenvalue weighted by atomic mass is 16.5. The predicted molar refractivity (Wildman–Crippen MR) is 105 cm³/mol. The summed E-state index contributed by atoms with van der Waals surface area (Å²) in [6.45, 7) is 2.29. The zero-order valence-corrected chi connectivity index (χ0v) is 16.1. The van der Waals surface area contributed by atoms with E-state index in [9.17, 15) is 0 Å². The van der Waals surface area contributed by atoms with Crippen LogP contribution in [-0.4, -0.2) is 6.10 Å². The summed E-state index contributed by atoms with van der Waals surface area (Å²) in [6.07, 6.45) is 29.6. The molecule has 2 aliphatic rings. The third-order valence-corrected chi connectivity index (χ3v) is 5.70. The summed E-state index contributed by atoms with van der Waals surface area (Å²) in [7, 11) is 0. The van der Waals surface area contributed by atoms with Gasteiger partial charge in [0.05, 0.1) is 6.10 Å². The highest BCUT2D eigenvalue weighted by Gasteiger charge is 2.26. The molecule has 2 rings (SSSR count). The summed E-state index contributed by atoms with van der Waals surface area (Å²) in [5.41, 5.74) is 0. The van der Waals surface area contributed by atoms with Crippen molar-refractivity contribution in [2.45, 2.75) is 116 Å². The third-order valence-electron chi connectivity index (χ3n) is 5.70. The molecular weight excluding hydrogens is 292 g/mol. The van der Waals surface area contributed by atoms with E-state index in [1.807, 2.05) is 0 Å². The molecule has 1 fully saturated rings. The van der Waals surface area contributed by atoms with Crippen molar-refractivity contribution in [2.75, 3.05) is 0 Å². The van der Waals surface area contributed by atoms with Gasteiger partial charge < -0.3 is 4.74 Å². The van der Waals surface area contributed by atoms with E-state index in [0.29, 0.717) is 12.0 Å². The summed E-state index contributed by atoms with van der Waals surface area (Å²) in [6, 6.07) is 0. The van der Waals surface area contributed by atoms with E-state index in [1.165, 1.54) is 108 Å². The van der Waals surface area contributed by atoms with Gasteiger partial charge in [0.1, 0.15) is 5.76 Å². The Balaban J connectivity index is 1.31. The number of fused-ring (bicyclic) bond motifs is 1. The van der Waals surface area contributed by atoms with Gasteiger partial charge in [-0.3, -0.25) is 0 Å². The van der Waals surface area contributed by atoms with Crippen LogP contribution in [0.4, 0.5) is 0 Å². The van der Waals surface area contributed by atoms with Crippen LogP contribution in [0.15, 0.2) is 24.0 Å². The van der Waals surface area contributed by atoms with E-state index >= 15 is 0 Å². The molecule has 0 aromatic heterocycles. The van der Waals surface area contributed by atoms with Gasteiger partial charge in [0, 0.05) is 5.92 Å². The van der Waals surface area contributed by atoms with Crippen LogP contribution in [0.25, 0.3) is 0 Å². The molecular formula is C23H40O. The van der Waals surface area contributed by atoms with Crippen molar-refractivity contribution < 1.29 is 4.74 Å². The summed E-state index contributed by atoms with van der Waals surface area (Å²) < 4.78 is 6.12. The van der Waals surface area contributed by atoms with Crippen LogP contribution in [0.2, 0.25) is 0 Å². The molecule has 1 saturated heterocycles. The fraction of sp³-hybridized carbons (Fsp3) is 0.826. The molecule has 1 aliphatic heterocycles. The molecule has 1 heteroatoms. The van der Waals surface area contributed by atoms with Crippen LogP contribution in [-0.2, 0) is 4.74 Å². The van der Waals surface area contributed by atoms with Crippen LogP contribution in [0.3, 0.4) is 0 Å². The number of ether oxygens (including phenoxy) is 1. The van der Waals surface area contributed by atoms with E-state index in [-0.39, 0.29) is 0 Å². The first-order valence-electron chi connectivity index (χ1n) is 10.9. The Hall–Kier alpha value is -0.720. The van der Waals surface area contributed by atoms with Crippen LogP contribution < -0.4 is 0 Å². The fourth-order valence-electron chi connectivity index (χ4n) is 4.08. The highest BCUT2D eigenvalue weighted by molar-refractivity contribution is 5.24. The number of allylic oxidation sites excluding steroid dienone is 3. The molecule has 0 N–H and O–H groups in total. The molecule has 24 heavy (non-hydrogen) atoms. The van der Waals surface area contributed by atoms with Crippen molar-refractivity contribution in [1.29, 1.82) is 0 Å². The molecule has 0 radical (unpaired) electrons. The predicted octanol–water partition coefficient (Wildman–Crippen LogP) is 7.72. The lowest BCUT2D eigenvalue weighted by molar-refractivity contribution is 0.0505. The van der Waals surface area contributed by atoms with Crippen molar-refractivity contribution in [2.24, 2.45) is 5.92 Å².